The van der Waals surface area contributed by atoms with Crippen LogP contribution in [0.25, 0.3) is 5.69 Å². The van der Waals surface area contributed by atoms with Crippen molar-refractivity contribution in [3.05, 3.63) is 81.6 Å². The van der Waals surface area contributed by atoms with Crippen LogP contribution in [0.5, 0.6) is 0 Å². The number of amides is 1. The molecule has 0 spiro atoms. The smallest absolute Gasteiger partial charge is 0.271 e. The summed E-state index contributed by atoms with van der Waals surface area (Å²) in [4.78, 5) is 27.2. The first-order valence-electron chi connectivity index (χ1n) is 9.98. The number of nitrogens with one attached hydrogen (secondary N) is 1. The van der Waals surface area contributed by atoms with Crippen LogP contribution in [0.4, 0.5) is 11.5 Å². The van der Waals surface area contributed by atoms with Crippen LogP contribution in [0.15, 0.2) is 65.5 Å². The number of hydrogen-bond acceptors (Lipinski definition) is 4. The molecule has 2 aromatic carbocycles. The first-order chi connectivity index (χ1) is 14.5. The zero-order valence-electron chi connectivity index (χ0n) is 16.7. The summed E-state index contributed by atoms with van der Waals surface area (Å²) in [5.74, 6) is 0.531. The van der Waals surface area contributed by atoms with Crippen LogP contribution < -0.4 is 15.8 Å². The Morgan fingerprint density at radius 2 is 1.97 bits per heavy atom. The van der Waals surface area contributed by atoms with E-state index in [1.807, 2.05) is 31.2 Å². The summed E-state index contributed by atoms with van der Waals surface area (Å²) in [6.07, 6.45) is 1.70. The minimum absolute atomic E-state index is 0.00784. The number of rotatable bonds is 4. The molecule has 3 aromatic rings. The number of anilines is 2. The fourth-order valence-corrected chi connectivity index (χ4v) is 3.91. The number of benzene rings is 2. The molecular formula is C23H23ClN4O2. The van der Waals surface area contributed by atoms with Crippen LogP contribution in [0, 0.1) is 12.8 Å². The highest BCUT2D eigenvalue weighted by atomic mass is 35.5. The molecule has 0 bridgehead atoms. The molecule has 0 radical (unpaired) electrons. The third kappa shape index (κ3) is 4.54. The Kier molecular flexibility index (Phi) is 5.86. The van der Waals surface area contributed by atoms with Crippen molar-refractivity contribution in [2.45, 2.75) is 19.8 Å². The maximum Gasteiger partial charge on any atom is 0.271 e. The minimum Gasteiger partial charge on any atom is -0.354 e. The zero-order chi connectivity index (χ0) is 21.1. The third-order valence-electron chi connectivity index (χ3n) is 5.24. The van der Waals surface area contributed by atoms with Crippen molar-refractivity contribution in [1.29, 1.82) is 0 Å². The SMILES string of the molecule is Cc1cccc(NC(=O)C2CCCN(c3ccc(=O)n(-c4cccc(Cl)c4)n3)C2)c1. The molecule has 1 aliphatic rings. The first-order valence-corrected chi connectivity index (χ1v) is 10.4. The molecule has 1 N–H and O–H groups in total. The van der Waals surface area contributed by atoms with Gasteiger partial charge in [-0.3, -0.25) is 9.59 Å². The van der Waals surface area contributed by atoms with E-state index >= 15 is 0 Å². The van der Waals surface area contributed by atoms with E-state index in [4.69, 9.17) is 11.6 Å². The number of hydrogen-bond donors (Lipinski definition) is 1. The monoisotopic (exact) mass is 422 g/mol. The normalized spacial score (nSPS) is 16.3. The van der Waals surface area contributed by atoms with Crippen LogP contribution in [-0.2, 0) is 4.79 Å². The molecule has 0 aliphatic carbocycles. The van der Waals surface area contributed by atoms with E-state index in [1.54, 1.807) is 30.3 Å². The largest absolute Gasteiger partial charge is 0.354 e. The van der Waals surface area contributed by atoms with Gasteiger partial charge in [-0.2, -0.15) is 4.68 Å². The Labute approximate surface area is 180 Å². The number of aryl methyl sites for hydroxylation is 1. The fourth-order valence-electron chi connectivity index (χ4n) is 3.73. The van der Waals surface area contributed by atoms with Gasteiger partial charge in [-0.1, -0.05) is 29.8 Å². The van der Waals surface area contributed by atoms with Gasteiger partial charge in [0.25, 0.3) is 5.56 Å². The van der Waals surface area contributed by atoms with Gasteiger partial charge in [0.2, 0.25) is 5.91 Å². The van der Waals surface area contributed by atoms with Gasteiger partial charge >= 0.3 is 0 Å². The highest BCUT2D eigenvalue weighted by Crippen LogP contribution is 2.23. The van der Waals surface area contributed by atoms with Crippen molar-refractivity contribution in [2.75, 3.05) is 23.3 Å². The molecule has 0 saturated carbocycles. The number of piperidine rings is 1. The van der Waals surface area contributed by atoms with E-state index in [2.05, 4.69) is 15.3 Å². The van der Waals surface area contributed by atoms with E-state index in [0.29, 0.717) is 23.1 Å². The van der Waals surface area contributed by atoms with Gasteiger partial charge in [-0.05, 0) is 61.7 Å². The van der Waals surface area contributed by atoms with Gasteiger partial charge < -0.3 is 10.2 Å². The molecule has 1 aliphatic heterocycles. The maximum atomic E-state index is 12.8. The lowest BCUT2D eigenvalue weighted by molar-refractivity contribution is -0.120. The Balaban J connectivity index is 1.52. The summed E-state index contributed by atoms with van der Waals surface area (Å²) in [7, 11) is 0. The Morgan fingerprint density at radius 3 is 2.77 bits per heavy atom. The Morgan fingerprint density at radius 1 is 1.13 bits per heavy atom. The fraction of sp³-hybridized carbons (Fsp3) is 0.261. The Bertz CT molecular complexity index is 1130. The van der Waals surface area contributed by atoms with Crippen molar-refractivity contribution in [2.24, 2.45) is 5.92 Å². The van der Waals surface area contributed by atoms with Crippen LogP contribution in [-0.4, -0.2) is 28.8 Å². The van der Waals surface area contributed by atoms with Crippen molar-refractivity contribution >= 4 is 29.0 Å². The van der Waals surface area contributed by atoms with Crippen molar-refractivity contribution in [3.63, 3.8) is 0 Å². The summed E-state index contributed by atoms with van der Waals surface area (Å²) in [5.41, 5.74) is 2.29. The van der Waals surface area contributed by atoms with Crippen molar-refractivity contribution in [1.82, 2.24) is 9.78 Å². The average molecular weight is 423 g/mol. The summed E-state index contributed by atoms with van der Waals surface area (Å²) >= 11 is 6.07. The highest BCUT2D eigenvalue weighted by Gasteiger charge is 2.27. The molecule has 4 rings (SSSR count). The van der Waals surface area contributed by atoms with E-state index in [1.165, 1.54) is 10.7 Å². The summed E-state index contributed by atoms with van der Waals surface area (Å²) < 4.78 is 1.34. The average Bonchev–Trinajstić information content (AvgIpc) is 2.74. The van der Waals surface area contributed by atoms with Gasteiger partial charge in [0.05, 0.1) is 11.6 Å². The maximum absolute atomic E-state index is 12.8. The number of nitrogens with zero attached hydrogens (tertiary/aromatic N) is 3. The molecule has 154 valence electrons. The topological polar surface area (TPSA) is 67.2 Å². The van der Waals surface area contributed by atoms with Gasteiger partial charge in [-0.25, -0.2) is 0 Å². The van der Waals surface area contributed by atoms with Crippen LogP contribution in [0.3, 0.4) is 0 Å². The first kappa shape index (κ1) is 20.2. The lowest BCUT2D eigenvalue weighted by atomic mass is 9.97. The second-order valence-corrected chi connectivity index (χ2v) is 8.00. The second kappa shape index (κ2) is 8.71. The molecule has 2 heterocycles. The van der Waals surface area contributed by atoms with Gasteiger partial charge in [0.15, 0.2) is 0 Å². The number of aromatic nitrogens is 2. The predicted molar refractivity (Wildman–Crippen MR) is 120 cm³/mol. The Hall–Kier alpha value is -3.12. The van der Waals surface area contributed by atoms with E-state index in [0.717, 1.165) is 30.6 Å². The van der Waals surface area contributed by atoms with Gasteiger partial charge in [-0.15, -0.1) is 5.10 Å². The zero-order valence-corrected chi connectivity index (χ0v) is 17.5. The quantitative estimate of drug-likeness (QED) is 0.688. The molecule has 1 amide bonds. The minimum atomic E-state index is -0.230. The molecule has 1 fully saturated rings. The van der Waals surface area contributed by atoms with Gasteiger partial charge in [0.1, 0.15) is 5.82 Å². The van der Waals surface area contributed by atoms with Crippen LogP contribution in [0.1, 0.15) is 18.4 Å². The van der Waals surface area contributed by atoms with E-state index in [9.17, 15) is 9.59 Å². The van der Waals surface area contributed by atoms with Crippen molar-refractivity contribution < 1.29 is 4.79 Å². The molecule has 1 atom stereocenters. The number of carbonyl (C=O) groups is 1. The second-order valence-electron chi connectivity index (χ2n) is 7.57. The summed E-state index contributed by atoms with van der Waals surface area (Å²) in [5, 5.41) is 8.10. The van der Waals surface area contributed by atoms with Gasteiger partial charge in [0, 0.05) is 29.9 Å². The van der Waals surface area contributed by atoms with Crippen molar-refractivity contribution in [3.8, 4) is 5.69 Å². The molecule has 7 heteroatoms. The van der Waals surface area contributed by atoms with E-state index in [-0.39, 0.29) is 17.4 Å². The number of carbonyl (C=O) groups excluding carboxylic acids is 1. The lowest BCUT2D eigenvalue weighted by Crippen LogP contribution is -2.41. The van der Waals surface area contributed by atoms with Crippen LogP contribution >= 0.6 is 11.6 Å². The summed E-state index contributed by atoms with van der Waals surface area (Å²) in [6, 6.07) is 18.0. The molecule has 30 heavy (non-hydrogen) atoms. The summed E-state index contributed by atoms with van der Waals surface area (Å²) in [6.45, 7) is 3.34. The lowest BCUT2D eigenvalue weighted by Gasteiger charge is -2.33. The standard InChI is InChI=1S/C23H23ClN4O2/c1-16-5-2-8-19(13-16)25-23(30)17-6-4-12-27(15-17)21-10-11-22(29)28(26-21)20-9-3-7-18(24)14-20/h2-3,5,7-11,13-14,17H,4,6,12,15H2,1H3,(H,25,30). The predicted octanol–water partition coefficient (Wildman–Crippen LogP) is 4.05. The molecular weight excluding hydrogens is 400 g/mol. The van der Waals surface area contributed by atoms with E-state index < -0.39 is 0 Å². The molecule has 6 nitrogen and oxygen atoms in total. The number of halogens is 1. The highest BCUT2D eigenvalue weighted by molar-refractivity contribution is 6.30. The third-order valence-corrected chi connectivity index (χ3v) is 5.48. The molecule has 1 saturated heterocycles. The van der Waals surface area contributed by atoms with Crippen LogP contribution in [0.2, 0.25) is 5.02 Å². The molecule has 1 aromatic heterocycles. The molecule has 1 unspecified atom stereocenters.